The number of hydrogen-bond acceptors (Lipinski definition) is 2. The first-order valence-corrected chi connectivity index (χ1v) is 7.44. The van der Waals surface area contributed by atoms with Crippen LogP contribution in [0.1, 0.15) is 29.2 Å². The molecule has 0 amide bonds. The Morgan fingerprint density at radius 2 is 2.10 bits per heavy atom. The summed E-state index contributed by atoms with van der Waals surface area (Å²) in [5.41, 5.74) is 9.88. The smallest absolute Gasteiger partial charge is 0.130 e. The summed E-state index contributed by atoms with van der Waals surface area (Å²) in [5.74, 6) is 1.18. The van der Waals surface area contributed by atoms with Crippen LogP contribution in [0.15, 0.2) is 30.3 Å². The highest BCUT2D eigenvalue weighted by molar-refractivity contribution is 6.30. The van der Waals surface area contributed by atoms with E-state index >= 15 is 0 Å². The Balaban J connectivity index is 1.68. The Labute approximate surface area is 124 Å². The van der Waals surface area contributed by atoms with Crippen molar-refractivity contribution >= 4 is 11.6 Å². The van der Waals surface area contributed by atoms with E-state index in [1.807, 2.05) is 14.0 Å². The molecule has 1 aliphatic rings. The van der Waals surface area contributed by atoms with E-state index in [-0.39, 0.29) is 6.04 Å². The van der Waals surface area contributed by atoms with E-state index in [4.69, 9.17) is 17.3 Å². The van der Waals surface area contributed by atoms with E-state index in [0.29, 0.717) is 11.8 Å². The lowest BCUT2D eigenvalue weighted by Gasteiger charge is -2.11. The van der Waals surface area contributed by atoms with Crippen molar-refractivity contribution in [3.8, 4) is 0 Å². The molecule has 0 aliphatic heterocycles. The minimum Gasteiger partial charge on any atom is -0.327 e. The van der Waals surface area contributed by atoms with Crippen LogP contribution in [-0.4, -0.2) is 15.8 Å². The van der Waals surface area contributed by atoms with Gasteiger partial charge in [-0.05, 0) is 37.2 Å². The monoisotopic (exact) mass is 289 g/mol. The van der Waals surface area contributed by atoms with E-state index < -0.39 is 0 Å². The second-order valence-electron chi connectivity index (χ2n) is 5.76. The minimum absolute atomic E-state index is 0.153. The van der Waals surface area contributed by atoms with E-state index in [0.717, 1.165) is 22.8 Å². The van der Waals surface area contributed by atoms with Gasteiger partial charge in [0.1, 0.15) is 5.15 Å². The summed E-state index contributed by atoms with van der Waals surface area (Å²) in [6, 6.07) is 10.8. The Morgan fingerprint density at radius 1 is 1.40 bits per heavy atom. The highest BCUT2D eigenvalue weighted by atomic mass is 35.5. The van der Waals surface area contributed by atoms with Crippen molar-refractivity contribution in [1.29, 1.82) is 0 Å². The zero-order valence-electron chi connectivity index (χ0n) is 11.9. The van der Waals surface area contributed by atoms with Gasteiger partial charge < -0.3 is 5.73 Å². The lowest BCUT2D eigenvalue weighted by molar-refractivity contribution is 0.576. The maximum atomic E-state index is 6.39. The van der Waals surface area contributed by atoms with Gasteiger partial charge in [-0.3, -0.25) is 4.68 Å². The molecule has 1 aliphatic carbocycles. The van der Waals surface area contributed by atoms with Gasteiger partial charge in [0.2, 0.25) is 0 Å². The Bertz CT molecular complexity index is 606. The molecule has 3 unspecified atom stereocenters. The molecule has 3 nitrogen and oxygen atoms in total. The molecule has 2 aromatic rings. The molecule has 4 heteroatoms. The molecule has 0 saturated heterocycles. The molecule has 0 bridgehead atoms. The number of hydrogen-bond donors (Lipinski definition) is 1. The number of halogens is 1. The number of aryl methyl sites for hydroxylation is 2. The van der Waals surface area contributed by atoms with Crippen LogP contribution in [0.2, 0.25) is 5.15 Å². The topological polar surface area (TPSA) is 43.8 Å². The van der Waals surface area contributed by atoms with Crippen LogP contribution >= 0.6 is 11.6 Å². The lowest BCUT2D eigenvalue weighted by Crippen LogP contribution is -2.26. The molecule has 0 radical (unpaired) electrons. The van der Waals surface area contributed by atoms with Crippen molar-refractivity contribution in [2.45, 2.75) is 31.7 Å². The minimum atomic E-state index is 0.153. The molecule has 1 saturated carbocycles. The summed E-state index contributed by atoms with van der Waals surface area (Å²) in [6.07, 6.45) is 1.99. The van der Waals surface area contributed by atoms with Crippen molar-refractivity contribution in [1.82, 2.24) is 9.78 Å². The Hall–Kier alpha value is -1.32. The molecular formula is C16H20ClN3. The number of benzene rings is 1. The van der Waals surface area contributed by atoms with Crippen molar-refractivity contribution in [3.63, 3.8) is 0 Å². The van der Waals surface area contributed by atoms with Gasteiger partial charge in [0.25, 0.3) is 0 Å². The van der Waals surface area contributed by atoms with Crippen LogP contribution in [0.5, 0.6) is 0 Å². The Morgan fingerprint density at radius 3 is 2.70 bits per heavy atom. The van der Waals surface area contributed by atoms with Gasteiger partial charge in [0, 0.05) is 18.7 Å². The van der Waals surface area contributed by atoms with E-state index in [1.54, 1.807) is 4.68 Å². The zero-order chi connectivity index (χ0) is 14.3. The van der Waals surface area contributed by atoms with Crippen LogP contribution in [0.3, 0.4) is 0 Å². The third-order valence-corrected chi connectivity index (χ3v) is 4.80. The van der Waals surface area contributed by atoms with E-state index in [2.05, 4.69) is 35.4 Å². The van der Waals surface area contributed by atoms with Crippen LogP contribution in [0.4, 0.5) is 0 Å². The van der Waals surface area contributed by atoms with Gasteiger partial charge in [-0.25, -0.2) is 0 Å². The third kappa shape index (κ3) is 2.48. The van der Waals surface area contributed by atoms with Gasteiger partial charge in [-0.2, -0.15) is 5.10 Å². The standard InChI is InChI=1S/C16H20ClN3/c1-10-12(16(17)20(2)19-10)9-15(18)14-8-13(14)11-6-4-3-5-7-11/h3-7,13-15H,8-9,18H2,1-2H3. The van der Waals surface area contributed by atoms with Crippen LogP contribution in [0.25, 0.3) is 0 Å². The predicted octanol–water partition coefficient (Wildman–Crippen LogP) is 3.06. The quantitative estimate of drug-likeness (QED) is 0.940. The molecule has 1 heterocycles. The average Bonchev–Trinajstić information content (AvgIpc) is 3.20. The number of nitrogens with two attached hydrogens (primary N) is 1. The fourth-order valence-corrected chi connectivity index (χ4v) is 3.32. The van der Waals surface area contributed by atoms with Crippen LogP contribution in [-0.2, 0) is 13.5 Å². The van der Waals surface area contributed by atoms with E-state index in [1.165, 1.54) is 12.0 Å². The van der Waals surface area contributed by atoms with E-state index in [9.17, 15) is 0 Å². The average molecular weight is 290 g/mol. The first kappa shape index (κ1) is 13.7. The van der Waals surface area contributed by atoms with Crippen molar-refractivity contribution < 1.29 is 0 Å². The van der Waals surface area contributed by atoms with Gasteiger partial charge >= 0.3 is 0 Å². The summed E-state index contributed by atoms with van der Waals surface area (Å²) >= 11 is 6.28. The molecule has 0 spiro atoms. The van der Waals surface area contributed by atoms with Crippen molar-refractivity contribution in [2.75, 3.05) is 0 Å². The number of nitrogens with zero attached hydrogens (tertiary/aromatic N) is 2. The summed E-state index contributed by atoms with van der Waals surface area (Å²) in [5, 5.41) is 5.07. The fraction of sp³-hybridized carbons (Fsp3) is 0.438. The van der Waals surface area contributed by atoms with Gasteiger partial charge in [0.05, 0.1) is 5.69 Å². The molecule has 20 heavy (non-hydrogen) atoms. The molecular weight excluding hydrogens is 270 g/mol. The maximum absolute atomic E-state index is 6.39. The second-order valence-corrected chi connectivity index (χ2v) is 6.12. The largest absolute Gasteiger partial charge is 0.327 e. The number of aromatic nitrogens is 2. The molecule has 3 rings (SSSR count). The molecule has 3 atom stereocenters. The van der Waals surface area contributed by atoms with Crippen molar-refractivity contribution in [3.05, 3.63) is 52.3 Å². The zero-order valence-corrected chi connectivity index (χ0v) is 12.6. The molecule has 1 aromatic carbocycles. The highest BCUT2D eigenvalue weighted by Gasteiger charge is 2.42. The Kier molecular flexibility index (Phi) is 3.57. The summed E-state index contributed by atoms with van der Waals surface area (Å²) < 4.78 is 1.72. The fourth-order valence-electron chi connectivity index (χ4n) is 3.06. The maximum Gasteiger partial charge on any atom is 0.130 e. The summed E-state index contributed by atoms with van der Waals surface area (Å²) in [6.45, 7) is 2.00. The highest BCUT2D eigenvalue weighted by Crippen LogP contribution is 2.49. The van der Waals surface area contributed by atoms with Crippen LogP contribution < -0.4 is 5.73 Å². The molecule has 2 N–H and O–H groups in total. The third-order valence-electron chi connectivity index (χ3n) is 4.33. The van der Waals surface area contributed by atoms with Crippen LogP contribution in [0, 0.1) is 12.8 Å². The SMILES string of the molecule is Cc1nn(C)c(Cl)c1CC(N)C1CC1c1ccccc1. The lowest BCUT2D eigenvalue weighted by atomic mass is 10.00. The normalized spacial score (nSPS) is 22.8. The van der Waals surface area contributed by atoms with Gasteiger partial charge in [-0.15, -0.1) is 0 Å². The summed E-state index contributed by atoms with van der Waals surface area (Å²) in [7, 11) is 1.87. The molecule has 1 aromatic heterocycles. The van der Waals surface area contributed by atoms with Crippen molar-refractivity contribution in [2.24, 2.45) is 18.7 Å². The second kappa shape index (κ2) is 5.23. The predicted molar refractivity (Wildman–Crippen MR) is 81.9 cm³/mol. The number of rotatable bonds is 4. The first-order chi connectivity index (χ1) is 9.58. The van der Waals surface area contributed by atoms with Gasteiger partial charge in [0.15, 0.2) is 0 Å². The summed E-state index contributed by atoms with van der Waals surface area (Å²) in [4.78, 5) is 0. The molecule has 1 fully saturated rings. The van der Waals surface area contributed by atoms with Gasteiger partial charge in [-0.1, -0.05) is 41.9 Å². The first-order valence-electron chi connectivity index (χ1n) is 7.06. The molecule has 106 valence electrons.